The highest BCUT2D eigenvalue weighted by atomic mass is 16.5. The molecule has 1 atom stereocenters. The fraction of sp³-hybridized carbons (Fsp3) is 0.263. The Morgan fingerprint density at radius 1 is 1.17 bits per heavy atom. The zero-order chi connectivity index (χ0) is 16.8. The molecular formula is C19H21N3O2. The Labute approximate surface area is 141 Å². The first-order valence-corrected chi connectivity index (χ1v) is 8.15. The lowest BCUT2D eigenvalue weighted by Gasteiger charge is -2.14. The number of amides is 1. The van der Waals surface area contributed by atoms with Crippen molar-refractivity contribution in [1.29, 1.82) is 0 Å². The van der Waals surface area contributed by atoms with E-state index >= 15 is 0 Å². The molecule has 0 spiro atoms. The average Bonchev–Trinajstić information content (AvgIpc) is 3.02. The maximum absolute atomic E-state index is 12.0. The number of ether oxygens (including phenoxy) is 1. The predicted octanol–water partition coefficient (Wildman–Crippen LogP) is 3.08. The quantitative estimate of drug-likeness (QED) is 0.657. The van der Waals surface area contributed by atoms with Crippen molar-refractivity contribution in [2.24, 2.45) is 0 Å². The van der Waals surface area contributed by atoms with Crippen LogP contribution in [0.1, 0.15) is 19.2 Å². The normalized spacial score (nSPS) is 12.0. The Hall–Kier alpha value is -2.82. The van der Waals surface area contributed by atoms with Crippen LogP contribution >= 0.6 is 0 Å². The van der Waals surface area contributed by atoms with Gasteiger partial charge in [0.1, 0.15) is 11.6 Å². The van der Waals surface area contributed by atoms with Gasteiger partial charge in [-0.25, -0.2) is 4.98 Å². The number of hydrogen-bond acceptors (Lipinski definition) is 3. The van der Waals surface area contributed by atoms with Gasteiger partial charge in [-0.2, -0.15) is 0 Å². The Balaban J connectivity index is 1.41. The number of carbonyl (C=O) groups is 1. The first-order chi connectivity index (χ1) is 11.7. The zero-order valence-corrected chi connectivity index (χ0v) is 13.7. The number of rotatable bonds is 7. The first kappa shape index (κ1) is 16.1. The van der Waals surface area contributed by atoms with Crippen LogP contribution in [-0.4, -0.2) is 28.5 Å². The molecule has 0 saturated heterocycles. The van der Waals surface area contributed by atoms with Crippen LogP contribution in [-0.2, 0) is 11.2 Å². The summed E-state index contributed by atoms with van der Waals surface area (Å²) in [6, 6.07) is 17.3. The van der Waals surface area contributed by atoms with Crippen molar-refractivity contribution >= 4 is 16.9 Å². The molecule has 0 fully saturated rings. The van der Waals surface area contributed by atoms with Crippen molar-refractivity contribution in [2.45, 2.75) is 25.9 Å². The van der Waals surface area contributed by atoms with E-state index < -0.39 is 6.10 Å². The van der Waals surface area contributed by atoms with Crippen LogP contribution in [0.25, 0.3) is 11.0 Å². The molecule has 1 aromatic heterocycles. The zero-order valence-electron chi connectivity index (χ0n) is 13.7. The minimum atomic E-state index is -0.515. The molecule has 0 bridgehead atoms. The summed E-state index contributed by atoms with van der Waals surface area (Å²) in [6.07, 6.45) is 1.10. The average molecular weight is 323 g/mol. The van der Waals surface area contributed by atoms with Gasteiger partial charge in [0, 0.05) is 13.0 Å². The van der Waals surface area contributed by atoms with E-state index in [0.29, 0.717) is 12.3 Å². The minimum absolute atomic E-state index is 0.108. The fourth-order valence-electron chi connectivity index (χ4n) is 2.49. The summed E-state index contributed by atoms with van der Waals surface area (Å²) in [5.41, 5.74) is 2.02. The predicted molar refractivity (Wildman–Crippen MR) is 94.0 cm³/mol. The standard InChI is InChI=1S/C19H21N3O2/c1-14(24-15-8-3-2-4-9-15)19(23)20-13-7-12-18-21-16-10-5-6-11-17(16)22-18/h2-6,8-11,14H,7,12-13H2,1H3,(H,20,23)(H,21,22). The lowest BCUT2D eigenvalue weighted by atomic mass is 10.3. The highest BCUT2D eigenvalue weighted by molar-refractivity contribution is 5.80. The molecule has 1 unspecified atom stereocenters. The summed E-state index contributed by atoms with van der Waals surface area (Å²) < 4.78 is 5.60. The highest BCUT2D eigenvalue weighted by Gasteiger charge is 2.13. The van der Waals surface area contributed by atoms with E-state index in [1.54, 1.807) is 6.92 Å². The Morgan fingerprint density at radius 2 is 1.92 bits per heavy atom. The Bertz CT molecular complexity index is 765. The van der Waals surface area contributed by atoms with Crippen LogP contribution in [0, 0.1) is 0 Å². The molecule has 124 valence electrons. The number of para-hydroxylation sites is 3. The van der Waals surface area contributed by atoms with Crippen molar-refractivity contribution in [3.63, 3.8) is 0 Å². The molecule has 24 heavy (non-hydrogen) atoms. The van der Waals surface area contributed by atoms with E-state index in [9.17, 15) is 4.79 Å². The van der Waals surface area contributed by atoms with E-state index in [-0.39, 0.29) is 5.91 Å². The van der Waals surface area contributed by atoms with Crippen molar-refractivity contribution in [1.82, 2.24) is 15.3 Å². The molecule has 0 saturated carbocycles. The van der Waals surface area contributed by atoms with Gasteiger partial charge in [0.2, 0.25) is 0 Å². The van der Waals surface area contributed by atoms with E-state index in [2.05, 4.69) is 15.3 Å². The van der Waals surface area contributed by atoms with Crippen molar-refractivity contribution in [2.75, 3.05) is 6.54 Å². The molecule has 0 radical (unpaired) electrons. The number of hydrogen-bond donors (Lipinski definition) is 2. The fourth-order valence-corrected chi connectivity index (χ4v) is 2.49. The summed E-state index contributed by atoms with van der Waals surface area (Å²) >= 11 is 0. The molecule has 0 aliphatic rings. The molecule has 0 aliphatic carbocycles. The van der Waals surface area contributed by atoms with E-state index in [1.807, 2.05) is 54.6 Å². The molecule has 1 amide bonds. The van der Waals surface area contributed by atoms with Crippen molar-refractivity contribution < 1.29 is 9.53 Å². The maximum Gasteiger partial charge on any atom is 0.260 e. The van der Waals surface area contributed by atoms with Gasteiger partial charge in [0.15, 0.2) is 6.10 Å². The Morgan fingerprint density at radius 3 is 2.71 bits per heavy atom. The molecule has 1 heterocycles. The van der Waals surface area contributed by atoms with Gasteiger partial charge in [0.25, 0.3) is 5.91 Å². The van der Waals surface area contributed by atoms with Crippen molar-refractivity contribution in [3.05, 3.63) is 60.4 Å². The number of aromatic amines is 1. The molecule has 5 heteroatoms. The third-order valence-electron chi connectivity index (χ3n) is 3.75. The second-order valence-electron chi connectivity index (χ2n) is 5.67. The summed E-state index contributed by atoms with van der Waals surface area (Å²) in [5, 5.41) is 2.90. The smallest absolute Gasteiger partial charge is 0.260 e. The van der Waals surface area contributed by atoms with E-state index in [1.165, 1.54) is 0 Å². The number of imidazole rings is 1. The third kappa shape index (κ3) is 4.13. The molecule has 0 aliphatic heterocycles. The number of benzene rings is 2. The molecule has 2 N–H and O–H groups in total. The van der Waals surface area contributed by atoms with Crippen LogP contribution in [0.15, 0.2) is 54.6 Å². The molecule has 3 rings (SSSR count). The van der Waals surface area contributed by atoms with E-state index in [0.717, 1.165) is 29.7 Å². The first-order valence-electron chi connectivity index (χ1n) is 8.15. The topological polar surface area (TPSA) is 67.0 Å². The molecular weight excluding hydrogens is 302 g/mol. The van der Waals surface area contributed by atoms with Gasteiger partial charge in [0.05, 0.1) is 11.0 Å². The second kappa shape index (κ2) is 7.64. The number of nitrogens with one attached hydrogen (secondary N) is 2. The maximum atomic E-state index is 12.0. The van der Waals surface area contributed by atoms with Gasteiger partial charge >= 0.3 is 0 Å². The number of nitrogens with zero attached hydrogens (tertiary/aromatic N) is 1. The molecule has 2 aromatic carbocycles. The van der Waals surface area contributed by atoms with Crippen molar-refractivity contribution in [3.8, 4) is 5.75 Å². The second-order valence-corrected chi connectivity index (χ2v) is 5.67. The van der Waals surface area contributed by atoms with Gasteiger partial charge in [-0.05, 0) is 37.6 Å². The summed E-state index contributed by atoms with van der Waals surface area (Å²) in [6.45, 7) is 2.35. The third-order valence-corrected chi connectivity index (χ3v) is 3.75. The van der Waals surface area contributed by atoms with Crippen LogP contribution in [0.2, 0.25) is 0 Å². The van der Waals surface area contributed by atoms with Crippen LogP contribution < -0.4 is 10.1 Å². The molecule has 3 aromatic rings. The number of aryl methyl sites for hydroxylation is 1. The highest BCUT2D eigenvalue weighted by Crippen LogP contribution is 2.12. The number of H-pyrrole nitrogens is 1. The lowest BCUT2D eigenvalue weighted by molar-refractivity contribution is -0.127. The number of fused-ring (bicyclic) bond motifs is 1. The van der Waals surface area contributed by atoms with E-state index in [4.69, 9.17) is 4.74 Å². The largest absolute Gasteiger partial charge is 0.481 e. The van der Waals surface area contributed by atoms with Gasteiger partial charge in [-0.3, -0.25) is 4.79 Å². The monoisotopic (exact) mass is 323 g/mol. The van der Waals surface area contributed by atoms with Gasteiger partial charge in [-0.15, -0.1) is 0 Å². The summed E-state index contributed by atoms with van der Waals surface area (Å²) in [7, 11) is 0. The number of carbonyl (C=O) groups excluding carboxylic acids is 1. The van der Waals surface area contributed by atoms with Crippen LogP contribution in [0.3, 0.4) is 0 Å². The van der Waals surface area contributed by atoms with Gasteiger partial charge < -0.3 is 15.0 Å². The SMILES string of the molecule is CC(Oc1ccccc1)C(=O)NCCCc1nc2ccccc2[nH]1. The summed E-state index contributed by atoms with van der Waals surface area (Å²) in [5.74, 6) is 1.53. The summed E-state index contributed by atoms with van der Waals surface area (Å²) in [4.78, 5) is 19.9. The van der Waals surface area contributed by atoms with Gasteiger partial charge in [-0.1, -0.05) is 30.3 Å². The Kier molecular flexibility index (Phi) is 5.11. The number of aromatic nitrogens is 2. The lowest BCUT2D eigenvalue weighted by Crippen LogP contribution is -2.36. The molecule has 5 nitrogen and oxygen atoms in total. The minimum Gasteiger partial charge on any atom is -0.481 e. The van der Waals surface area contributed by atoms with Crippen LogP contribution in [0.5, 0.6) is 5.75 Å². The van der Waals surface area contributed by atoms with Crippen LogP contribution in [0.4, 0.5) is 0 Å².